The minimum absolute atomic E-state index is 0.0531. The van der Waals surface area contributed by atoms with Crippen LogP contribution in [0.4, 0.5) is 11.5 Å². The Hall–Kier alpha value is -3.49. The number of anilines is 2. The SMILES string of the molecule is CC.CNCc1ccccc1-c1ccc(CNc2nncc3ccc(N4CCNC(=O)C4)cc23)s1. The molecule has 3 heterocycles. The Morgan fingerprint density at radius 3 is 2.77 bits per heavy atom. The van der Waals surface area contributed by atoms with Crippen LogP contribution in [0.1, 0.15) is 24.3 Å². The van der Waals surface area contributed by atoms with Crippen molar-refractivity contribution in [3.05, 3.63) is 71.2 Å². The van der Waals surface area contributed by atoms with E-state index in [1.165, 1.54) is 20.9 Å². The number of nitrogens with one attached hydrogen (secondary N) is 3. The summed E-state index contributed by atoms with van der Waals surface area (Å²) >= 11 is 1.79. The van der Waals surface area contributed by atoms with E-state index in [1.54, 1.807) is 17.5 Å². The van der Waals surface area contributed by atoms with Gasteiger partial charge >= 0.3 is 0 Å². The summed E-state index contributed by atoms with van der Waals surface area (Å²) in [5, 5.41) is 20.2. The molecule has 35 heavy (non-hydrogen) atoms. The number of nitrogens with zero attached hydrogens (tertiary/aromatic N) is 3. The molecule has 1 aliphatic rings. The van der Waals surface area contributed by atoms with Gasteiger partial charge in [0, 0.05) is 45.8 Å². The van der Waals surface area contributed by atoms with Crippen molar-refractivity contribution in [1.82, 2.24) is 20.8 Å². The Labute approximate surface area is 210 Å². The Balaban J connectivity index is 0.00000141. The van der Waals surface area contributed by atoms with Crippen molar-refractivity contribution in [2.75, 3.05) is 36.9 Å². The first-order valence-electron chi connectivity index (χ1n) is 12.0. The average Bonchev–Trinajstić information content (AvgIpc) is 3.38. The van der Waals surface area contributed by atoms with Crippen LogP contribution in [0.3, 0.4) is 0 Å². The zero-order valence-corrected chi connectivity index (χ0v) is 21.3. The third-order valence-electron chi connectivity index (χ3n) is 5.79. The highest BCUT2D eigenvalue weighted by Gasteiger charge is 2.17. The molecule has 0 saturated carbocycles. The predicted molar refractivity (Wildman–Crippen MR) is 146 cm³/mol. The Morgan fingerprint density at radius 2 is 1.94 bits per heavy atom. The highest BCUT2D eigenvalue weighted by molar-refractivity contribution is 7.15. The molecule has 5 rings (SSSR count). The molecular formula is C27H32N6OS. The summed E-state index contributed by atoms with van der Waals surface area (Å²) in [6, 6.07) is 19.0. The van der Waals surface area contributed by atoms with Crippen LogP contribution >= 0.6 is 11.3 Å². The van der Waals surface area contributed by atoms with Crippen molar-refractivity contribution in [3.8, 4) is 10.4 Å². The fourth-order valence-corrected chi connectivity index (χ4v) is 5.15. The van der Waals surface area contributed by atoms with Crippen molar-refractivity contribution in [2.24, 2.45) is 0 Å². The fourth-order valence-electron chi connectivity index (χ4n) is 4.14. The molecule has 1 aliphatic heterocycles. The van der Waals surface area contributed by atoms with E-state index in [0.717, 1.165) is 35.4 Å². The summed E-state index contributed by atoms with van der Waals surface area (Å²) in [7, 11) is 1.97. The van der Waals surface area contributed by atoms with Crippen LogP contribution in [0, 0.1) is 0 Å². The number of fused-ring (bicyclic) bond motifs is 1. The summed E-state index contributed by atoms with van der Waals surface area (Å²) in [5.74, 6) is 0.804. The summed E-state index contributed by atoms with van der Waals surface area (Å²) in [6.45, 7) is 7.34. The van der Waals surface area contributed by atoms with E-state index in [0.29, 0.717) is 19.6 Å². The van der Waals surface area contributed by atoms with Crippen molar-refractivity contribution in [3.63, 3.8) is 0 Å². The quantitative estimate of drug-likeness (QED) is 0.351. The van der Waals surface area contributed by atoms with Gasteiger partial charge in [0.15, 0.2) is 5.82 Å². The molecular weight excluding hydrogens is 456 g/mol. The van der Waals surface area contributed by atoms with Crippen LogP contribution in [-0.4, -0.2) is 42.8 Å². The maximum absolute atomic E-state index is 11.8. The molecule has 0 aliphatic carbocycles. The van der Waals surface area contributed by atoms with Crippen LogP contribution in [0.2, 0.25) is 0 Å². The molecule has 0 bridgehead atoms. The third kappa shape index (κ3) is 5.78. The highest BCUT2D eigenvalue weighted by Crippen LogP contribution is 2.32. The zero-order valence-electron chi connectivity index (χ0n) is 20.5. The van der Waals surface area contributed by atoms with Gasteiger partial charge in [-0.1, -0.05) is 44.2 Å². The minimum atomic E-state index is 0.0531. The van der Waals surface area contributed by atoms with Crippen LogP contribution < -0.4 is 20.9 Å². The fraction of sp³-hybridized carbons (Fsp3) is 0.296. The third-order valence-corrected chi connectivity index (χ3v) is 6.91. The van der Waals surface area contributed by atoms with E-state index in [9.17, 15) is 4.79 Å². The number of hydrogen-bond donors (Lipinski definition) is 3. The average molecular weight is 489 g/mol. The maximum atomic E-state index is 11.8. The number of aromatic nitrogens is 2. The lowest BCUT2D eigenvalue weighted by atomic mass is 10.1. The lowest BCUT2D eigenvalue weighted by Gasteiger charge is -2.28. The molecule has 2 aromatic carbocycles. The number of thiophene rings is 1. The minimum Gasteiger partial charge on any atom is -0.363 e. The monoisotopic (exact) mass is 488 g/mol. The summed E-state index contributed by atoms with van der Waals surface area (Å²) in [6.07, 6.45) is 1.77. The first-order valence-corrected chi connectivity index (χ1v) is 12.9. The Bertz CT molecular complexity index is 1290. The molecule has 1 saturated heterocycles. The van der Waals surface area contributed by atoms with Gasteiger partial charge in [-0.05, 0) is 42.4 Å². The molecule has 4 aromatic rings. The molecule has 0 unspecified atom stereocenters. The molecule has 182 valence electrons. The van der Waals surface area contributed by atoms with Gasteiger partial charge in [0.25, 0.3) is 0 Å². The highest BCUT2D eigenvalue weighted by atomic mass is 32.1. The van der Waals surface area contributed by atoms with Crippen LogP contribution in [0.25, 0.3) is 21.2 Å². The number of piperazine rings is 1. The first-order chi connectivity index (χ1) is 17.2. The number of carbonyl (C=O) groups excluding carboxylic acids is 1. The predicted octanol–water partition coefficient (Wildman–Crippen LogP) is 4.65. The van der Waals surface area contributed by atoms with Gasteiger partial charge in [-0.25, -0.2) is 0 Å². The first kappa shape index (κ1) is 24.6. The molecule has 3 N–H and O–H groups in total. The molecule has 1 amide bonds. The molecule has 0 spiro atoms. The lowest BCUT2D eigenvalue weighted by molar-refractivity contribution is -0.120. The van der Waals surface area contributed by atoms with Crippen molar-refractivity contribution < 1.29 is 4.79 Å². The van der Waals surface area contributed by atoms with E-state index in [2.05, 4.69) is 73.5 Å². The van der Waals surface area contributed by atoms with E-state index >= 15 is 0 Å². The van der Waals surface area contributed by atoms with Crippen LogP contribution in [0.15, 0.2) is 60.8 Å². The normalized spacial score (nSPS) is 13.2. The van der Waals surface area contributed by atoms with Gasteiger partial charge in [0.05, 0.1) is 19.3 Å². The molecule has 0 atom stereocenters. The second kappa shape index (κ2) is 11.8. The standard InChI is InChI=1S/C25H26N6OS.C2H6/c1-26-13-17-4-2-3-5-21(17)23-9-8-20(33-23)15-28-25-22-12-19(7-6-18(22)14-29-30-25)31-11-10-27-24(32)16-31;1-2/h2-9,12,14,26H,10-11,13,15-16H2,1H3,(H,27,32)(H,28,30);1-2H3. The van der Waals surface area contributed by atoms with Crippen LogP contribution in [-0.2, 0) is 17.9 Å². The number of carbonyl (C=O) groups is 1. The molecule has 2 aromatic heterocycles. The second-order valence-electron chi connectivity index (χ2n) is 8.04. The van der Waals surface area contributed by atoms with Gasteiger partial charge in [0.2, 0.25) is 5.91 Å². The van der Waals surface area contributed by atoms with Crippen LogP contribution in [0.5, 0.6) is 0 Å². The maximum Gasteiger partial charge on any atom is 0.239 e. The summed E-state index contributed by atoms with van der Waals surface area (Å²) in [4.78, 5) is 16.4. The van der Waals surface area contributed by atoms with Crippen molar-refractivity contribution in [1.29, 1.82) is 0 Å². The van der Waals surface area contributed by atoms with Gasteiger partial charge in [-0.2, -0.15) is 5.10 Å². The molecule has 8 heteroatoms. The smallest absolute Gasteiger partial charge is 0.239 e. The van der Waals surface area contributed by atoms with Gasteiger partial charge in [0.1, 0.15) is 0 Å². The second-order valence-corrected chi connectivity index (χ2v) is 9.21. The van der Waals surface area contributed by atoms with Gasteiger partial charge < -0.3 is 20.9 Å². The van der Waals surface area contributed by atoms with Gasteiger partial charge in [-0.15, -0.1) is 16.4 Å². The molecule has 0 radical (unpaired) electrons. The number of benzene rings is 2. The topological polar surface area (TPSA) is 82.2 Å². The molecule has 7 nitrogen and oxygen atoms in total. The van der Waals surface area contributed by atoms with E-state index < -0.39 is 0 Å². The Morgan fingerprint density at radius 1 is 1.09 bits per heavy atom. The number of hydrogen-bond acceptors (Lipinski definition) is 7. The molecule has 1 fully saturated rings. The van der Waals surface area contributed by atoms with Gasteiger partial charge in [-0.3, -0.25) is 4.79 Å². The van der Waals surface area contributed by atoms with Crippen molar-refractivity contribution in [2.45, 2.75) is 26.9 Å². The van der Waals surface area contributed by atoms with E-state index in [-0.39, 0.29) is 5.91 Å². The van der Waals surface area contributed by atoms with E-state index in [1.807, 2.05) is 33.0 Å². The number of amides is 1. The summed E-state index contributed by atoms with van der Waals surface area (Å²) < 4.78 is 0. The van der Waals surface area contributed by atoms with Crippen molar-refractivity contribution >= 4 is 39.5 Å². The van der Waals surface area contributed by atoms with E-state index in [4.69, 9.17) is 0 Å². The summed E-state index contributed by atoms with van der Waals surface area (Å²) in [5.41, 5.74) is 3.58. The lowest BCUT2D eigenvalue weighted by Crippen LogP contribution is -2.47. The number of rotatable bonds is 7. The largest absolute Gasteiger partial charge is 0.363 e. The Kier molecular flexibility index (Phi) is 8.28. The zero-order chi connectivity index (χ0) is 24.6.